The van der Waals surface area contributed by atoms with Crippen molar-refractivity contribution in [2.24, 2.45) is 0 Å². The molecule has 1 unspecified atom stereocenters. The summed E-state index contributed by atoms with van der Waals surface area (Å²) in [6.45, 7) is 1.24. The molecular formula is C23H31N3O3S. The molecule has 7 heteroatoms. The van der Waals surface area contributed by atoms with Gasteiger partial charge in [-0.3, -0.25) is 9.78 Å². The molecule has 0 spiro atoms. The number of amides is 1. The smallest absolute Gasteiger partial charge is 0.230 e. The van der Waals surface area contributed by atoms with E-state index >= 15 is 0 Å². The third-order valence-electron chi connectivity index (χ3n) is 5.12. The number of nitrogens with zero attached hydrogens (tertiary/aromatic N) is 1. The standard InChI is InChI=1S/C23H31N3O3S/c27-22(14-26-23(28)17-30-16-19-8-11-29-15-19)6-5-21-13-18(7-10-25-21)12-20-4-2-1-3-9-24-20/h6-8,10-11,13,15,20,24,27H,1-5,9,12,14,16-17H2,(H,26,28). The van der Waals surface area contributed by atoms with Crippen molar-refractivity contribution < 1.29 is 14.3 Å². The number of hydrogen-bond donors (Lipinski definition) is 3. The molecule has 3 heterocycles. The summed E-state index contributed by atoms with van der Waals surface area (Å²) in [5, 5.41) is 16.5. The fourth-order valence-electron chi connectivity index (χ4n) is 3.50. The van der Waals surface area contributed by atoms with Gasteiger partial charge in [0.25, 0.3) is 0 Å². The first-order valence-electron chi connectivity index (χ1n) is 10.6. The van der Waals surface area contributed by atoms with Gasteiger partial charge in [0, 0.05) is 35.7 Å². The van der Waals surface area contributed by atoms with Crippen molar-refractivity contribution >= 4 is 17.7 Å². The van der Waals surface area contributed by atoms with Crippen LogP contribution in [0.25, 0.3) is 0 Å². The quantitative estimate of drug-likeness (QED) is 0.498. The number of hydrogen-bond acceptors (Lipinski definition) is 6. The monoisotopic (exact) mass is 429 g/mol. The van der Waals surface area contributed by atoms with Crippen LogP contribution in [-0.4, -0.2) is 40.9 Å². The zero-order valence-corrected chi connectivity index (χ0v) is 18.1. The fraction of sp³-hybridized carbons (Fsp3) is 0.478. The van der Waals surface area contributed by atoms with E-state index in [1.165, 1.54) is 43.0 Å². The van der Waals surface area contributed by atoms with Crippen molar-refractivity contribution in [3.63, 3.8) is 0 Å². The first-order chi connectivity index (χ1) is 14.7. The van der Waals surface area contributed by atoms with Crippen LogP contribution in [0, 0.1) is 0 Å². The van der Waals surface area contributed by atoms with Crippen molar-refractivity contribution in [2.45, 2.75) is 50.3 Å². The van der Waals surface area contributed by atoms with Crippen LogP contribution in [0.3, 0.4) is 0 Å². The van der Waals surface area contributed by atoms with Crippen LogP contribution in [0.4, 0.5) is 0 Å². The number of carbonyl (C=O) groups is 1. The number of aliphatic hydroxyl groups is 1. The molecule has 1 aliphatic rings. The molecule has 0 saturated carbocycles. The van der Waals surface area contributed by atoms with Gasteiger partial charge >= 0.3 is 0 Å². The van der Waals surface area contributed by atoms with Gasteiger partial charge in [-0.25, -0.2) is 0 Å². The molecule has 0 aromatic carbocycles. The Balaban J connectivity index is 1.38. The average molecular weight is 430 g/mol. The van der Waals surface area contributed by atoms with Crippen molar-refractivity contribution in [1.29, 1.82) is 0 Å². The molecule has 0 aliphatic carbocycles. The van der Waals surface area contributed by atoms with Gasteiger partial charge in [-0.05, 0) is 55.6 Å². The zero-order chi connectivity index (χ0) is 21.0. The molecule has 1 amide bonds. The number of thioether (sulfide) groups is 1. The third-order valence-corrected chi connectivity index (χ3v) is 6.12. The van der Waals surface area contributed by atoms with Gasteiger partial charge in [0.1, 0.15) is 5.76 Å². The zero-order valence-electron chi connectivity index (χ0n) is 17.3. The van der Waals surface area contributed by atoms with Crippen LogP contribution in [0.1, 0.15) is 42.5 Å². The number of pyridine rings is 1. The van der Waals surface area contributed by atoms with Crippen LogP contribution in [-0.2, 0) is 23.4 Å². The Hall–Kier alpha value is -2.25. The number of aliphatic hydroxyl groups excluding tert-OH is 1. The lowest BCUT2D eigenvalue weighted by Gasteiger charge is -2.15. The summed E-state index contributed by atoms with van der Waals surface area (Å²) in [5.41, 5.74) is 3.25. The number of aromatic nitrogens is 1. The van der Waals surface area contributed by atoms with Crippen molar-refractivity contribution in [3.8, 4) is 0 Å². The first-order valence-corrected chi connectivity index (χ1v) is 11.8. The van der Waals surface area contributed by atoms with Gasteiger partial charge in [0.05, 0.1) is 24.8 Å². The molecule has 0 radical (unpaired) electrons. The Kier molecular flexibility index (Phi) is 9.31. The number of carbonyl (C=O) groups excluding carboxylic acids is 1. The van der Waals surface area contributed by atoms with Gasteiger partial charge in [0.2, 0.25) is 5.91 Å². The van der Waals surface area contributed by atoms with E-state index in [0.717, 1.165) is 30.0 Å². The second kappa shape index (κ2) is 12.4. The van der Waals surface area contributed by atoms with Gasteiger partial charge in [0.15, 0.2) is 0 Å². The van der Waals surface area contributed by atoms with E-state index in [4.69, 9.17) is 4.42 Å². The summed E-state index contributed by atoms with van der Waals surface area (Å²) in [5.74, 6) is 1.13. The molecule has 2 aromatic heterocycles. The van der Waals surface area contributed by atoms with Crippen molar-refractivity contribution in [3.05, 3.63) is 65.6 Å². The number of nitrogens with one attached hydrogen (secondary N) is 2. The SMILES string of the molecule is O=C(CSCc1ccoc1)NCC(O)=CCc1cc(CC2CCCCCN2)ccn1. The maximum absolute atomic E-state index is 11.9. The van der Waals surface area contributed by atoms with E-state index in [1.807, 2.05) is 12.3 Å². The summed E-state index contributed by atoms with van der Waals surface area (Å²) in [7, 11) is 0. The second-order valence-corrected chi connectivity index (χ2v) is 8.65. The van der Waals surface area contributed by atoms with E-state index in [1.54, 1.807) is 18.6 Å². The molecule has 1 fully saturated rings. The average Bonchev–Trinajstić information content (AvgIpc) is 3.14. The first kappa shape index (κ1) is 22.4. The summed E-state index contributed by atoms with van der Waals surface area (Å²) in [6.07, 6.45) is 13.5. The van der Waals surface area contributed by atoms with Gasteiger partial charge < -0.3 is 20.2 Å². The van der Waals surface area contributed by atoms with Crippen LogP contribution in [0.2, 0.25) is 0 Å². The summed E-state index contributed by atoms with van der Waals surface area (Å²) < 4.78 is 5.00. The Morgan fingerprint density at radius 3 is 3.13 bits per heavy atom. The highest BCUT2D eigenvalue weighted by atomic mass is 32.2. The Labute approximate surface area is 182 Å². The van der Waals surface area contributed by atoms with Crippen LogP contribution < -0.4 is 10.6 Å². The van der Waals surface area contributed by atoms with E-state index < -0.39 is 0 Å². The lowest BCUT2D eigenvalue weighted by molar-refractivity contribution is -0.118. The molecule has 2 aromatic rings. The normalized spacial score (nSPS) is 17.5. The molecule has 6 nitrogen and oxygen atoms in total. The third kappa shape index (κ3) is 8.24. The lowest BCUT2D eigenvalue weighted by Crippen LogP contribution is -2.30. The lowest BCUT2D eigenvalue weighted by atomic mass is 10.0. The van der Waals surface area contributed by atoms with E-state index in [9.17, 15) is 9.90 Å². The number of furan rings is 1. The Morgan fingerprint density at radius 1 is 1.33 bits per heavy atom. The molecule has 1 aliphatic heterocycles. The number of allylic oxidation sites excluding steroid dienone is 1. The highest BCUT2D eigenvalue weighted by molar-refractivity contribution is 7.99. The minimum Gasteiger partial charge on any atom is -0.511 e. The van der Waals surface area contributed by atoms with E-state index in [-0.39, 0.29) is 18.2 Å². The minimum absolute atomic E-state index is 0.0977. The van der Waals surface area contributed by atoms with Gasteiger partial charge in [-0.1, -0.05) is 12.8 Å². The largest absolute Gasteiger partial charge is 0.511 e. The summed E-state index contributed by atoms with van der Waals surface area (Å²) in [6, 6.07) is 6.60. The molecule has 1 atom stereocenters. The summed E-state index contributed by atoms with van der Waals surface area (Å²) >= 11 is 1.51. The highest BCUT2D eigenvalue weighted by Crippen LogP contribution is 2.14. The highest BCUT2D eigenvalue weighted by Gasteiger charge is 2.12. The van der Waals surface area contributed by atoms with Crippen LogP contribution in [0.15, 0.2) is 53.2 Å². The van der Waals surface area contributed by atoms with Gasteiger partial charge in [-0.2, -0.15) is 0 Å². The van der Waals surface area contributed by atoms with E-state index in [0.29, 0.717) is 18.2 Å². The Bertz CT molecular complexity index is 800. The number of rotatable bonds is 10. The predicted octanol–water partition coefficient (Wildman–Crippen LogP) is 3.78. The molecule has 162 valence electrons. The minimum atomic E-state index is -0.0977. The molecule has 0 bridgehead atoms. The van der Waals surface area contributed by atoms with Crippen molar-refractivity contribution in [2.75, 3.05) is 18.8 Å². The predicted molar refractivity (Wildman–Crippen MR) is 120 cm³/mol. The fourth-order valence-corrected chi connectivity index (χ4v) is 4.29. The molecule has 3 rings (SSSR count). The van der Waals surface area contributed by atoms with Crippen LogP contribution in [0.5, 0.6) is 0 Å². The maximum Gasteiger partial charge on any atom is 0.230 e. The molecule has 30 heavy (non-hydrogen) atoms. The topological polar surface area (TPSA) is 87.4 Å². The van der Waals surface area contributed by atoms with E-state index in [2.05, 4.69) is 27.8 Å². The molecule has 3 N–H and O–H groups in total. The van der Waals surface area contributed by atoms with Gasteiger partial charge in [-0.15, -0.1) is 11.8 Å². The molecular weight excluding hydrogens is 398 g/mol. The van der Waals surface area contributed by atoms with Crippen LogP contribution >= 0.6 is 11.8 Å². The Morgan fingerprint density at radius 2 is 2.27 bits per heavy atom. The molecule has 1 saturated heterocycles. The maximum atomic E-state index is 11.9. The second-order valence-electron chi connectivity index (χ2n) is 7.66. The summed E-state index contributed by atoms with van der Waals surface area (Å²) in [4.78, 5) is 16.3. The van der Waals surface area contributed by atoms with Crippen molar-refractivity contribution in [1.82, 2.24) is 15.6 Å².